The molecule has 146 valence electrons. The molecule has 0 unspecified atom stereocenters. The molecule has 0 aliphatic rings. The Bertz CT molecular complexity index is 995. The lowest BCUT2D eigenvalue weighted by Gasteiger charge is -2.11. The number of hydrogen-bond acceptors (Lipinski definition) is 5. The van der Waals surface area contributed by atoms with E-state index in [4.69, 9.17) is 5.73 Å². The quantitative estimate of drug-likeness (QED) is 0.620. The van der Waals surface area contributed by atoms with Crippen LogP contribution in [0.25, 0.3) is 17.2 Å². The number of nitrogens with two attached hydrogens (primary N) is 1. The van der Waals surface area contributed by atoms with Crippen LogP contribution in [0.1, 0.15) is 35.1 Å². The molecule has 10 heteroatoms. The molecule has 3 aromatic heterocycles. The van der Waals surface area contributed by atoms with E-state index >= 15 is 0 Å². The number of carbonyl (C=O) groups is 1. The minimum absolute atomic E-state index is 0.141. The summed E-state index contributed by atoms with van der Waals surface area (Å²) in [7, 11) is 0. The number of imidazole rings is 1. The van der Waals surface area contributed by atoms with Crippen LogP contribution < -0.4 is 11.1 Å². The van der Waals surface area contributed by atoms with Crippen LogP contribution in [0.15, 0.2) is 36.7 Å². The predicted molar refractivity (Wildman–Crippen MR) is 98.1 cm³/mol. The SMILES string of the molecule is C[C@@H](C/C=C/c1cnc(N)c(C(F)(F)F)c1)NC(=O)c1nc2ncccc2[nH]1. The standard InChI is InChI=1S/C18H17F3N6O/c1-10(25-17(28)16-26-13-6-3-7-23-15(13)27-16)4-2-5-11-8-12(18(19,20)21)14(22)24-9-11/h2-3,5-10H,4H2,1H3,(H2,22,24)(H,25,28)(H,23,26,27)/b5-2+/t10-/m0/s1. The molecule has 0 bridgehead atoms. The maximum Gasteiger partial charge on any atom is 0.419 e. The number of H-pyrrole nitrogens is 1. The van der Waals surface area contributed by atoms with E-state index in [1.807, 2.05) is 0 Å². The highest BCUT2D eigenvalue weighted by molar-refractivity contribution is 5.93. The number of nitrogen functional groups attached to an aromatic ring is 1. The molecule has 0 fully saturated rings. The number of nitrogens with one attached hydrogen (secondary N) is 2. The van der Waals surface area contributed by atoms with Gasteiger partial charge in [0.1, 0.15) is 5.82 Å². The van der Waals surface area contributed by atoms with Crippen LogP contribution in [0.4, 0.5) is 19.0 Å². The summed E-state index contributed by atoms with van der Waals surface area (Å²) in [4.78, 5) is 26.9. The summed E-state index contributed by atoms with van der Waals surface area (Å²) in [5.41, 5.74) is 5.65. The fraction of sp³-hybridized carbons (Fsp3) is 0.222. The fourth-order valence-corrected chi connectivity index (χ4v) is 2.52. The van der Waals surface area contributed by atoms with Gasteiger partial charge in [0.15, 0.2) is 11.5 Å². The van der Waals surface area contributed by atoms with E-state index in [9.17, 15) is 18.0 Å². The molecule has 0 aliphatic carbocycles. The molecule has 0 saturated carbocycles. The topological polar surface area (TPSA) is 110 Å². The second-order valence-electron chi connectivity index (χ2n) is 6.17. The maximum absolute atomic E-state index is 12.9. The Hall–Kier alpha value is -3.43. The number of alkyl halides is 3. The Morgan fingerprint density at radius 2 is 2.18 bits per heavy atom. The Labute approximate surface area is 157 Å². The van der Waals surface area contributed by atoms with Crippen molar-refractivity contribution in [3.8, 4) is 0 Å². The zero-order valence-electron chi connectivity index (χ0n) is 14.8. The summed E-state index contributed by atoms with van der Waals surface area (Å²) in [6, 6.07) is 4.15. The molecule has 0 saturated heterocycles. The van der Waals surface area contributed by atoms with Crippen molar-refractivity contribution in [1.82, 2.24) is 25.3 Å². The number of amides is 1. The van der Waals surface area contributed by atoms with Gasteiger partial charge in [0.2, 0.25) is 0 Å². The molecule has 3 aromatic rings. The van der Waals surface area contributed by atoms with Crippen molar-refractivity contribution in [3.05, 3.63) is 53.6 Å². The monoisotopic (exact) mass is 390 g/mol. The number of fused-ring (bicyclic) bond motifs is 1. The third-order valence-electron chi connectivity index (χ3n) is 3.90. The van der Waals surface area contributed by atoms with Crippen LogP contribution in [0.5, 0.6) is 0 Å². The summed E-state index contributed by atoms with van der Waals surface area (Å²) in [6.07, 6.45) is 1.81. The molecule has 7 nitrogen and oxygen atoms in total. The number of nitrogens with zero attached hydrogens (tertiary/aromatic N) is 3. The predicted octanol–water partition coefficient (Wildman–Crippen LogP) is 3.18. The number of aromatic nitrogens is 4. The molecule has 0 spiro atoms. The van der Waals surface area contributed by atoms with Gasteiger partial charge in [-0.1, -0.05) is 12.2 Å². The van der Waals surface area contributed by atoms with E-state index in [2.05, 4.69) is 25.3 Å². The lowest BCUT2D eigenvalue weighted by Crippen LogP contribution is -2.32. The van der Waals surface area contributed by atoms with Gasteiger partial charge in [-0.25, -0.2) is 15.0 Å². The minimum Gasteiger partial charge on any atom is -0.383 e. The molecule has 28 heavy (non-hydrogen) atoms. The van der Waals surface area contributed by atoms with Gasteiger partial charge < -0.3 is 16.0 Å². The number of rotatable bonds is 5. The van der Waals surface area contributed by atoms with Gasteiger partial charge in [0.05, 0.1) is 11.1 Å². The van der Waals surface area contributed by atoms with Crippen LogP contribution in [0.2, 0.25) is 0 Å². The van der Waals surface area contributed by atoms with Crippen LogP contribution in [-0.4, -0.2) is 31.9 Å². The largest absolute Gasteiger partial charge is 0.419 e. The first kappa shape index (κ1) is 19.3. The fourth-order valence-electron chi connectivity index (χ4n) is 2.52. The summed E-state index contributed by atoms with van der Waals surface area (Å²) >= 11 is 0. The van der Waals surface area contributed by atoms with E-state index in [-0.39, 0.29) is 17.4 Å². The lowest BCUT2D eigenvalue weighted by molar-refractivity contribution is -0.137. The first-order valence-corrected chi connectivity index (χ1v) is 8.35. The molecule has 3 heterocycles. The van der Waals surface area contributed by atoms with Gasteiger partial charge in [-0.3, -0.25) is 4.79 Å². The highest BCUT2D eigenvalue weighted by atomic mass is 19.4. The average Bonchev–Trinajstić information content (AvgIpc) is 3.06. The van der Waals surface area contributed by atoms with Crippen LogP contribution >= 0.6 is 0 Å². The molecule has 4 N–H and O–H groups in total. The second kappa shape index (κ2) is 7.67. The van der Waals surface area contributed by atoms with Gasteiger partial charge in [-0.15, -0.1) is 0 Å². The van der Waals surface area contributed by atoms with Crippen molar-refractivity contribution in [2.75, 3.05) is 5.73 Å². The molecule has 1 atom stereocenters. The van der Waals surface area contributed by atoms with E-state index in [0.717, 1.165) is 6.07 Å². The van der Waals surface area contributed by atoms with Crippen molar-refractivity contribution in [1.29, 1.82) is 0 Å². The zero-order chi connectivity index (χ0) is 20.3. The highest BCUT2D eigenvalue weighted by Crippen LogP contribution is 2.33. The van der Waals surface area contributed by atoms with Crippen molar-refractivity contribution < 1.29 is 18.0 Å². The van der Waals surface area contributed by atoms with Crippen molar-refractivity contribution >= 4 is 29.0 Å². The average molecular weight is 390 g/mol. The van der Waals surface area contributed by atoms with E-state index in [1.165, 1.54) is 12.3 Å². The minimum atomic E-state index is -4.57. The Kier molecular flexibility index (Phi) is 5.30. The van der Waals surface area contributed by atoms with E-state index < -0.39 is 23.5 Å². The Morgan fingerprint density at radius 3 is 2.89 bits per heavy atom. The van der Waals surface area contributed by atoms with Gasteiger partial charge in [0, 0.05) is 18.4 Å². The first-order valence-electron chi connectivity index (χ1n) is 8.35. The molecule has 0 aromatic carbocycles. The summed E-state index contributed by atoms with van der Waals surface area (Å²) < 4.78 is 38.6. The molecular formula is C18H17F3N6O. The van der Waals surface area contributed by atoms with Crippen LogP contribution in [-0.2, 0) is 6.18 Å². The number of pyridine rings is 2. The number of aromatic amines is 1. The molecule has 1 amide bonds. The molecule has 0 radical (unpaired) electrons. The highest BCUT2D eigenvalue weighted by Gasteiger charge is 2.33. The van der Waals surface area contributed by atoms with E-state index in [0.29, 0.717) is 17.6 Å². The number of anilines is 1. The third kappa shape index (κ3) is 4.45. The van der Waals surface area contributed by atoms with Gasteiger partial charge in [-0.05, 0) is 37.1 Å². The van der Waals surface area contributed by atoms with Gasteiger partial charge in [-0.2, -0.15) is 13.2 Å². The van der Waals surface area contributed by atoms with E-state index in [1.54, 1.807) is 31.3 Å². The smallest absolute Gasteiger partial charge is 0.383 e. The second-order valence-corrected chi connectivity index (χ2v) is 6.17. The van der Waals surface area contributed by atoms with Gasteiger partial charge >= 0.3 is 6.18 Å². The molecule has 3 rings (SSSR count). The van der Waals surface area contributed by atoms with Crippen LogP contribution in [0, 0.1) is 0 Å². The normalized spacial score (nSPS) is 13.1. The maximum atomic E-state index is 12.9. The molecular weight excluding hydrogens is 373 g/mol. The summed E-state index contributed by atoms with van der Waals surface area (Å²) in [6.45, 7) is 1.77. The third-order valence-corrected chi connectivity index (χ3v) is 3.90. The lowest BCUT2D eigenvalue weighted by atomic mass is 10.1. The number of carbonyl (C=O) groups excluding carboxylic acids is 1. The summed E-state index contributed by atoms with van der Waals surface area (Å²) in [5.74, 6) is -0.819. The van der Waals surface area contributed by atoms with Crippen molar-refractivity contribution in [2.45, 2.75) is 25.6 Å². The number of hydrogen-bond donors (Lipinski definition) is 3. The Balaban J connectivity index is 1.60. The first-order chi connectivity index (χ1) is 13.2. The van der Waals surface area contributed by atoms with Gasteiger partial charge in [0.25, 0.3) is 5.91 Å². The van der Waals surface area contributed by atoms with Crippen molar-refractivity contribution in [3.63, 3.8) is 0 Å². The zero-order valence-corrected chi connectivity index (χ0v) is 14.8. The molecule has 0 aliphatic heterocycles. The summed E-state index contributed by atoms with van der Waals surface area (Å²) in [5, 5.41) is 2.76. The van der Waals surface area contributed by atoms with Crippen molar-refractivity contribution in [2.24, 2.45) is 0 Å². The Morgan fingerprint density at radius 1 is 1.39 bits per heavy atom. The van der Waals surface area contributed by atoms with Crippen LogP contribution in [0.3, 0.4) is 0 Å². The number of halogens is 3.